The summed E-state index contributed by atoms with van der Waals surface area (Å²) in [6.07, 6.45) is 3.12. The second kappa shape index (κ2) is 4.68. The van der Waals surface area contributed by atoms with Gasteiger partial charge >= 0.3 is 0 Å². The number of nitrogens with zero attached hydrogens (tertiary/aromatic N) is 2. The first-order valence-electron chi connectivity index (χ1n) is 5.49. The molecule has 2 aromatic rings. The smallest absolute Gasteiger partial charge is 0.270 e. The van der Waals surface area contributed by atoms with E-state index in [9.17, 15) is 8.78 Å². The van der Waals surface area contributed by atoms with E-state index in [2.05, 4.69) is 15.3 Å². The van der Waals surface area contributed by atoms with Crippen molar-refractivity contribution in [3.05, 3.63) is 42.2 Å². The first kappa shape index (κ1) is 12.4. The van der Waals surface area contributed by atoms with Gasteiger partial charge in [0.15, 0.2) is 0 Å². The normalized spacial score (nSPS) is 11.3. The van der Waals surface area contributed by atoms with Gasteiger partial charge in [0, 0.05) is 25.1 Å². The standard InChI is InChI=1S/C13H13F2N3/c1-13(14,15)10-5-3-4-9(6-10)11-7-17-8-12(16-2)18-11/h3-8H,1-2H3,(H,16,18). The molecule has 1 N–H and O–H groups in total. The van der Waals surface area contributed by atoms with Gasteiger partial charge in [-0.1, -0.05) is 18.2 Å². The van der Waals surface area contributed by atoms with Crippen molar-refractivity contribution in [2.24, 2.45) is 0 Å². The van der Waals surface area contributed by atoms with E-state index in [4.69, 9.17) is 0 Å². The molecule has 0 unspecified atom stereocenters. The van der Waals surface area contributed by atoms with E-state index in [1.807, 2.05) is 0 Å². The average Bonchev–Trinajstić information content (AvgIpc) is 2.38. The molecular formula is C13H13F2N3. The monoisotopic (exact) mass is 249 g/mol. The number of halogens is 2. The first-order chi connectivity index (χ1) is 8.50. The molecule has 1 heterocycles. The lowest BCUT2D eigenvalue weighted by molar-refractivity contribution is 0.0175. The van der Waals surface area contributed by atoms with Crippen LogP contribution in [-0.2, 0) is 5.92 Å². The van der Waals surface area contributed by atoms with Crippen LogP contribution in [0.4, 0.5) is 14.6 Å². The minimum absolute atomic E-state index is 0.0309. The van der Waals surface area contributed by atoms with Crippen molar-refractivity contribution in [2.75, 3.05) is 12.4 Å². The number of alkyl halides is 2. The van der Waals surface area contributed by atoms with Crippen LogP contribution in [0.5, 0.6) is 0 Å². The summed E-state index contributed by atoms with van der Waals surface area (Å²) in [5, 5.41) is 2.86. The molecule has 0 radical (unpaired) electrons. The van der Waals surface area contributed by atoms with Gasteiger partial charge in [-0.05, 0) is 6.07 Å². The molecule has 0 aliphatic rings. The third-order valence-corrected chi connectivity index (χ3v) is 2.56. The molecule has 94 valence electrons. The van der Waals surface area contributed by atoms with Crippen LogP contribution >= 0.6 is 0 Å². The number of hydrogen-bond donors (Lipinski definition) is 1. The van der Waals surface area contributed by atoms with Crippen LogP contribution in [0, 0.1) is 0 Å². The zero-order chi connectivity index (χ0) is 13.2. The van der Waals surface area contributed by atoms with E-state index in [1.54, 1.807) is 31.6 Å². The summed E-state index contributed by atoms with van der Waals surface area (Å²) in [4.78, 5) is 8.28. The zero-order valence-corrected chi connectivity index (χ0v) is 10.1. The molecule has 0 bridgehead atoms. The SMILES string of the molecule is CNc1cncc(-c2cccc(C(C)(F)F)c2)n1. The lowest BCUT2D eigenvalue weighted by Crippen LogP contribution is -2.06. The Morgan fingerprint density at radius 3 is 2.67 bits per heavy atom. The molecule has 0 saturated heterocycles. The molecule has 5 heteroatoms. The Morgan fingerprint density at radius 1 is 1.22 bits per heavy atom. The quantitative estimate of drug-likeness (QED) is 0.907. The van der Waals surface area contributed by atoms with E-state index in [0.29, 0.717) is 17.1 Å². The van der Waals surface area contributed by atoms with Gasteiger partial charge in [-0.25, -0.2) is 13.8 Å². The second-order valence-corrected chi connectivity index (χ2v) is 4.01. The van der Waals surface area contributed by atoms with Crippen LogP contribution in [0.3, 0.4) is 0 Å². The predicted molar refractivity (Wildman–Crippen MR) is 66.6 cm³/mol. The van der Waals surface area contributed by atoms with Crippen molar-refractivity contribution in [2.45, 2.75) is 12.8 Å². The summed E-state index contributed by atoms with van der Waals surface area (Å²) >= 11 is 0. The first-order valence-corrected chi connectivity index (χ1v) is 5.49. The Bertz CT molecular complexity index is 550. The third kappa shape index (κ3) is 2.61. The fourth-order valence-electron chi connectivity index (χ4n) is 1.58. The van der Waals surface area contributed by atoms with E-state index >= 15 is 0 Å². The van der Waals surface area contributed by atoms with Crippen LogP contribution in [0.15, 0.2) is 36.7 Å². The van der Waals surface area contributed by atoms with Gasteiger partial charge in [0.05, 0.1) is 18.1 Å². The molecule has 0 aliphatic heterocycles. The molecule has 0 aliphatic carbocycles. The summed E-state index contributed by atoms with van der Waals surface area (Å²) in [7, 11) is 1.73. The van der Waals surface area contributed by atoms with Gasteiger partial charge in [-0.15, -0.1) is 0 Å². The Balaban J connectivity index is 2.44. The third-order valence-electron chi connectivity index (χ3n) is 2.56. The van der Waals surface area contributed by atoms with Crippen molar-refractivity contribution in [3.63, 3.8) is 0 Å². The van der Waals surface area contributed by atoms with Gasteiger partial charge in [0.25, 0.3) is 5.92 Å². The second-order valence-electron chi connectivity index (χ2n) is 4.01. The van der Waals surface area contributed by atoms with E-state index in [0.717, 1.165) is 6.92 Å². The fourth-order valence-corrected chi connectivity index (χ4v) is 1.58. The van der Waals surface area contributed by atoms with Crippen LogP contribution in [0.25, 0.3) is 11.3 Å². The Kier molecular flexibility index (Phi) is 3.23. The van der Waals surface area contributed by atoms with Crippen molar-refractivity contribution < 1.29 is 8.78 Å². The molecule has 0 fully saturated rings. The Labute approximate surface area is 104 Å². The van der Waals surface area contributed by atoms with Gasteiger partial charge in [-0.2, -0.15) is 0 Å². The van der Waals surface area contributed by atoms with Crippen LogP contribution in [0.2, 0.25) is 0 Å². The lowest BCUT2D eigenvalue weighted by atomic mass is 10.0. The highest BCUT2D eigenvalue weighted by Crippen LogP contribution is 2.29. The molecule has 0 atom stereocenters. The number of hydrogen-bond acceptors (Lipinski definition) is 3. The van der Waals surface area contributed by atoms with Crippen molar-refractivity contribution in [1.82, 2.24) is 9.97 Å². The molecule has 0 amide bonds. The maximum atomic E-state index is 13.2. The highest BCUT2D eigenvalue weighted by Gasteiger charge is 2.24. The maximum Gasteiger partial charge on any atom is 0.270 e. The fraction of sp³-hybridized carbons (Fsp3) is 0.231. The highest BCUT2D eigenvalue weighted by atomic mass is 19.3. The van der Waals surface area contributed by atoms with Gasteiger partial charge < -0.3 is 5.32 Å². The summed E-state index contributed by atoms with van der Waals surface area (Å²) in [6, 6.07) is 6.16. The predicted octanol–water partition coefficient (Wildman–Crippen LogP) is 3.30. The van der Waals surface area contributed by atoms with Gasteiger partial charge in [0.2, 0.25) is 0 Å². The van der Waals surface area contributed by atoms with Crippen LogP contribution in [-0.4, -0.2) is 17.0 Å². The molecular weight excluding hydrogens is 236 g/mol. The van der Waals surface area contributed by atoms with E-state index in [-0.39, 0.29) is 5.56 Å². The molecule has 1 aromatic carbocycles. The summed E-state index contributed by atoms with van der Waals surface area (Å²) in [6.45, 7) is 0.877. The highest BCUT2D eigenvalue weighted by molar-refractivity contribution is 5.61. The van der Waals surface area contributed by atoms with Gasteiger partial charge in [0.1, 0.15) is 5.82 Å². The van der Waals surface area contributed by atoms with E-state index in [1.165, 1.54) is 12.1 Å². The number of benzene rings is 1. The number of rotatable bonds is 3. The van der Waals surface area contributed by atoms with Crippen LogP contribution < -0.4 is 5.32 Å². The zero-order valence-electron chi connectivity index (χ0n) is 10.1. The minimum Gasteiger partial charge on any atom is -0.372 e. The summed E-state index contributed by atoms with van der Waals surface area (Å²) < 4.78 is 26.5. The van der Waals surface area contributed by atoms with Crippen molar-refractivity contribution in [1.29, 1.82) is 0 Å². The van der Waals surface area contributed by atoms with E-state index < -0.39 is 5.92 Å². The van der Waals surface area contributed by atoms with Crippen molar-refractivity contribution in [3.8, 4) is 11.3 Å². The molecule has 18 heavy (non-hydrogen) atoms. The average molecular weight is 249 g/mol. The summed E-state index contributed by atoms with van der Waals surface area (Å²) in [5.41, 5.74) is 1.16. The maximum absolute atomic E-state index is 13.2. The molecule has 0 saturated carbocycles. The van der Waals surface area contributed by atoms with Crippen LogP contribution in [0.1, 0.15) is 12.5 Å². The topological polar surface area (TPSA) is 37.8 Å². The molecule has 2 rings (SSSR count). The minimum atomic E-state index is -2.86. The van der Waals surface area contributed by atoms with Crippen molar-refractivity contribution >= 4 is 5.82 Å². The lowest BCUT2D eigenvalue weighted by Gasteiger charge is -2.11. The number of nitrogens with one attached hydrogen (secondary N) is 1. The number of aromatic nitrogens is 2. The Hall–Kier alpha value is -2.04. The molecule has 3 nitrogen and oxygen atoms in total. The largest absolute Gasteiger partial charge is 0.372 e. The Morgan fingerprint density at radius 2 is 2.00 bits per heavy atom. The summed E-state index contributed by atoms with van der Waals surface area (Å²) in [5.74, 6) is -2.26. The molecule has 0 spiro atoms. The molecule has 1 aromatic heterocycles. The van der Waals surface area contributed by atoms with Gasteiger partial charge in [-0.3, -0.25) is 4.98 Å². The number of anilines is 1.